The Hall–Kier alpha value is -3.99. The van der Waals surface area contributed by atoms with Crippen molar-refractivity contribution in [3.05, 3.63) is 87.5 Å². The first-order chi connectivity index (χ1) is 17.7. The third-order valence-corrected chi connectivity index (χ3v) is 8.54. The lowest BCUT2D eigenvalue weighted by atomic mass is 10.00. The van der Waals surface area contributed by atoms with Gasteiger partial charge in [-0.2, -0.15) is 0 Å². The van der Waals surface area contributed by atoms with E-state index in [0.29, 0.717) is 42.5 Å². The first-order valence-electron chi connectivity index (χ1n) is 11.7. The number of amides is 1. The van der Waals surface area contributed by atoms with Crippen molar-refractivity contribution in [3.8, 4) is 16.9 Å². The molecule has 4 aromatic rings. The number of rotatable bonds is 6. The summed E-state index contributed by atoms with van der Waals surface area (Å²) < 4.78 is 63.7. The summed E-state index contributed by atoms with van der Waals surface area (Å²) in [5, 5.41) is -0.247. The fourth-order valence-electron chi connectivity index (χ4n) is 4.84. The summed E-state index contributed by atoms with van der Waals surface area (Å²) in [5.74, 6) is -1.87. The first-order valence-corrected chi connectivity index (χ1v) is 13.3. The van der Waals surface area contributed by atoms with Crippen LogP contribution >= 0.6 is 0 Å². The molecule has 1 amide bonds. The zero-order valence-electron chi connectivity index (χ0n) is 19.4. The summed E-state index contributed by atoms with van der Waals surface area (Å²) in [6.07, 6.45) is 2.92. The van der Waals surface area contributed by atoms with Crippen LogP contribution in [0.5, 0.6) is 5.75 Å². The van der Waals surface area contributed by atoms with Gasteiger partial charge in [0.2, 0.25) is 10.0 Å². The molecule has 11 heteroatoms. The highest BCUT2D eigenvalue weighted by molar-refractivity contribution is 7.91. The van der Waals surface area contributed by atoms with Crippen LogP contribution in [0.4, 0.5) is 8.78 Å². The fourth-order valence-corrected chi connectivity index (χ4v) is 6.11. The molecule has 0 saturated heterocycles. The van der Waals surface area contributed by atoms with Crippen LogP contribution in [0.1, 0.15) is 34.5 Å². The number of H-pyrrole nitrogens is 1. The van der Waals surface area contributed by atoms with Crippen molar-refractivity contribution >= 4 is 26.8 Å². The molecule has 0 bridgehead atoms. The molecule has 2 aromatic carbocycles. The Balaban J connectivity index is 1.68. The molecule has 0 unspecified atom stereocenters. The smallest absolute Gasteiger partial charge is 0.282 e. The topological polar surface area (TPSA) is 110 Å². The highest BCUT2D eigenvalue weighted by Crippen LogP contribution is 2.43. The molecule has 3 heterocycles. The molecule has 1 aliphatic heterocycles. The van der Waals surface area contributed by atoms with Gasteiger partial charge < -0.3 is 14.3 Å². The molecule has 1 fully saturated rings. The molecule has 2 aromatic heterocycles. The van der Waals surface area contributed by atoms with E-state index < -0.39 is 38.4 Å². The molecule has 6 rings (SSSR count). The summed E-state index contributed by atoms with van der Waals surface area (Å²) in [4.78, 5) is 29.2. The molecule has 0 atom stereocenters. The van der Waals surface area contributed by atoms with Crippen molar-refractivity contribution in [3.63, 3.8) is 0 Å². The third kappa shape index (κ3) is 3.99. The Kier molecular flexibility index (Phi) is 5.41. The first kappa shape index (κ1) is 23.4. The lowest BCUT2D eigenvalue weighted by Gasteiger charge is -2.13. The second-order valence-corrected chi connectivity index (χ2v) is 11.1. The second kappa shape index (κ2) is 8.55. The number of pyridine rings is 1. The van der Waals surface area contributed by atoms with Crippen LogP contribution in [0, 0.1) is 11.6 Å². The maximum absolute atomic E-state index is 14.7. The number of fused-ring (bicyclic) bond motifs is 3. The Morgan fingerprint density at radius 2 is 1.97 bits per heavy atom. The minimum Gasteiger partial charge on any atom is -0.492 e. The Morgan fingerprint density at radius 1 is 1.16 bits per heavy atom. The van der Waals surface area contributed by atoms with Gasteiger partial charge in [0.25, 0.3) is 11.5 Å². The molecular formula is C26H21F2N3O5S. The molecule has 0 radical (unpaired) electrons. The number of hydrogen-bond donors (Lipinski definition) is 2. The summed E-state index contributed by atoms with van der Waals surface area (Å²) in [5.41, 5.74) is 0.826. The van der Waals surface area contributed by atoms with Gasteiger partial charge in [-0.1, -0.05) is 6.07 Å². The minimum atomic E-state index is -3.96. The van der Waals surface area contributed by atoms with E-state index in [1.807, 2.05) is 6.07 Å². The molecular weight excluding hydrogens is 504 g/mol. The summed E-state index contributed by atoms with van der Waals surface area (Å²) in [6.45, 7) is 0.0934. The van der Waals surface area contributed by atoms with Crippen LogP contribution in [-0.2, 0) is 23.0 Å². The number of ether oxygens (including phenoxy) is 1. The average Bonchev–Trinajstić information content (AvgIpc) is 3.54. The van der Waals surface area contributed by atoms with Gasteiger partial charge in [0.15, 0.2) is 0 Å². The van der Waals surface area contributed by atoms with Crippen LogP contribution < -0.4 is 15.0 Å². The predicted molar refractivity (Wildman–Crippen MR) is 132 cm³/mol. The zero-order chi connectivity index (χ0) is 25.9. The van der Waals surface area contributed by atoms with Gasteiger partial charge in [-0.25, -0.2) is 21.9 Å². The maximum atomic E-state index is 14.7. The van der Waals surface area contributed by atoms with E-state index in [4.69, 9.17) is 4.74 Å². The largest absolute Gasteiger partial charge is 0.492 e. The van der Waals surface area contributed by atoms with Gasteiger partial charge in [0.1, 0.15) is 23.1 Å². The van der Waals surface area contributed by atoms with E-state index in [0.717, 1.165) is 23.8 Å². The quantitative estimate of drug-likeness (QED) is 0.401. The van der Waals surface area contributed by atoms with Crippen LogP contribution in [0.2, 0.25) is 0 Å². The van der Waals surface area contributed by atoms with Crippen molar-refractivity contribution in [1.29, 1.82) is 0 Å². The van der Waals surface area contributed by atoms with Crippen molar-refractivity contribution in [2.24, 2.45) is 0 Å². The molecule has 1 saturated carbocycles. The van der Waals surface area contributed by atoms with E-state index in [1.54, 1.807) is 12.1 Å². The third-order valence-electron chi connectivity index (χ3n) is 6.72. The zero-order valence-corrected chi connectivity index (χ0v) is 20.2. The number of aromatic amines is 1. The van der Waals surface area contributed by atoms with Crippen molar-refractivity contribution < 1.29 is 26.7 Å². The molecule has 2 aliphatic rings. The average molecular weight is 526 g/mol. The summed E-state index contributed by atoms with van der Waals surface area (Å²) in [6, 6.07) is 9.61. The molecule has 190 valence electrons. The number of halogens is 2. The van der Waals surface area contributed by atoms with Crippen molar-refractivity contribution in [1.82, 2.24) is 14.3 Å². The minimum absolute atomic E-state index is 0.0501. The van der Waals surface area contributed by atoms with Crippen molar-refractivity contribution in [2.75, 3.05) is 6.61 Å². The SMILES string of the molecule is O=C(NS(=O)(=O)C1CC1)c1c(-c2ccc[nH]c2=O)c2c3c(ccc2n1Cc1cc(F)ccc1F)CCO3. The Morgan fingerprint density at radius 3 is 2.73 bits per heavy atom. The molecule has 8 nitrogen and oxygen atoms in total. The summed E-state index contributed by atoms with van der Waals surface area (Å²) >= 11 is 0. The standard InChI is InChI=1S/C26H21F2N3O5S/c27-16-4-7-19(28)15(12-16)13-31-20-8-3-14-9-11-36-24(14)22(20)21(18-2-1-10-29-25(18)32)23(31)26(33)30-37(34,35)17-5-6-17/h1-4,7-8,10,12,17H,5-6,9,11,13H2,(H,29,32)(H,30,33). The normalized spacial score (nSPS) is 15.0. The van der Waals surface area contributed by atoms with Gasteiger partial charge in [-0.15, -0.1) is 0 Å². The Labute approximate surface area is 209 Å². The number of nitrogens with zero attached hydrogens (tertiary/aromatic N) is 1. The van der Waals surface area contributed by atoms with Crippen LogP contribution in [-0.4, -0.2) is 35.7 Å². The highest BCUT2D eigenvalue weighted by Gasteiger charge is 2.39. The number of aromatic nitrogens is 2. The lowest BCUT2D eigenvalue weighted by Crippen LogP contribution is -2.35. The van der Waals surface area contributed by atoms with E-state index in [9.17, 15) is 26.8 Å². The Bertz CT molecular complexity index is 1760. The second-order valence-electron chi connectivity index (χ2n) is 9.18. The number of carbonyl (C=O) groups is 1. The van der Waals surface area contributed by atoms with Crippen molar-refractivity contribution in [2.45, 2.75) is 31.1 Å². The van der Waals surface area contributed by atoms with Crippen LogP contribution in [0.25, 0.3) is 22.0 Å². The molecule has 1 aliphatic carbocycles. The molecule has 0 spiro atoms. The molecule has 2 N–H and O–H groups in total. The van der Waals surface area contributed by atoms with Crippen LogP contribution in [0.15, 0.2) is 53.5 Å². The van der Waals surface area contributed by atoms with Crippen LogP contribution in [0.3, 0.4) is 0 Å². The lowest BCUT2D eigenvalue weighted by molar-refractivity contribution is 0.0974. The van der Waals surface area contributed by atoms with Gasteiger partial charge in [-0.05, 0) is 54.8 Å². The van der Waals surface area contributed by atoms with Gasteiger partial charge in [-0.3, -0.25) is 9.59 Å². The number of sulfonamides is 1. The van der Waals surface area contributed by atoms with Gasteiger partial charge >= 0.3 is 0 Å². The van der Waals surface area contributed by atoms with E-state index >= 15 is 0 Å². The predicted octanol–water partition coefficient (Wildman–Crippen LogP) is 3.48. The van der Waals surface area contributed by atoms with Gasteiger partial charge in [0, 0.05) is 23.7 Å². The van der Waals surface area contributed by atoms with E-state index in [1.165, 1.54) is 16.8 Å². The van der Waals surface area contributed by atoms with E-state index in [-0.39, 0.29) is 28.9 Å². The number of benzene rings is 2. The van der Waals surface area contributed by atoms with E-state index in [2.05, 4.69) is 9.71 Å². The summed E-state index contributed by atoms with van der Waals surface area (Å²) in [7, 11) is -3.96. The fraction of sp³-hybridized carbons (Fsp3) is 0.231. The molecule has 37 heavy (non-hydrogen) atoms. The number of hydrogen-bond acceptors (Lipinski definition) is 5. The highest BCUT2D eigenvalue weighted by atomic mass is 32.2. The monoisotopic (exact) mass is 525 g/mol. The van der Waals surface area contributed by atoms with Gasteiger partial charge in [0.05, 0.1) is 34.9 Å². The number of nitrogens with one attached hydrogen (secondary N) is 2. The maximum Gasteiger partial charge on any atom is 0.282 e. The number of carbonyl (C=O) groups excluding carboxylic acids is 1.